The van der Waals surface area contributed by atoms with E-state index in [0.717, 1.165) is 11.3 Å². The van der Waals surface area contributed by atoms with Crippen LogP contribution >= 0.6 is 0 Å². The van der Waals surface area contributed by atoms with Crippen LogP contribution in [0, 0.1) is 6.92 Å². The van der Waals surface area contributed by atoms with Crippen LogP contribution in [0.5, 0.6) is 0 Å². The molecule has 2 rings (SSSR count). The maximum Gasteiger partial charge on any atom is 0.248 e. The number of carbonyl (C=O) groups excluding carboxylic acids is 1. The lowest BCUT2D eigenvalue weighted by Gasteiger charge is -2.24. The van der Waals surface area contributed by atoms with Gasteiger partial charge in [-0.2, -0.15) is 0 Å². The molecule has 3 nitrogen and oxygen atoms in total. The summed E-state index contributed by atoms with van der Waals surface area (Å²) in [5.41, 5.74) is 8.98. The first-order valence-electron chi connectivity index (χ1n) is 6.82. The summed E-state index contributed by atoms with van der Waals surface area (Å²) in [6, 6.07) is 16.7. The number of anilines is 1. The van der Waals surface area contributed by atoms with E-state index in [2.05, 4.69) is 0 Å². The van der Waals surface area contributed by atoms with Crippen LogP contribution in [0.25, 0.3) is 0 Å². The van der Waals surface area contributed by atoms with E-state index in [1.54, 1.807) is 4.90 Å². The van der Waals surface area contributed by atoms with E-state index in [1.807, 2.05) is 68.4 Å². The Kier molecular flexibility index (Phi) is 4.53. The summed E-state index contributed by atoms with van der Waals surface area (Å²) in [7, 11) is 0. The third-order valence-electron chi connectivity index (χ3n) is 3.35. The molecule has 0 aliphatic heterocycles. The van der Waals surface area contributed by atoms with Crippen molar-refractivity contribution in [1.29, 1.82) is 0 Å². The molecule has 0 bridgehead atoms. The highest BCUT2D eigenvalue weighted by molar-refractivity contribution is 5.97. The molecule has 0 saturated carbocycles. The molecule has 2 aromatic rings. The van der Waals surface area contributed by atoms with Crippen molar-refractivity contribution in [1.82, 2.24) is 0 Å². The predicted octanol–water partition coefficient (Wildman–Crippen LogP) is 3.05. The van der Waals surface area contributed by atoms with Crippen LogP contribution in [0.2, 0.25) is 0 Å². The second kappa shape index (κ2) is 6.35. The Morgan fingerprint density at radius 1 is 1.10 bits per heavy atom. The monoisotopic (exact) mass is 268 g/mol. The Balaban J connectivity index is 2.23. The average Bonchev–Trinajstić information content (AvgIpc) is 2.50. The average molecular weight is 268 g/mol. The molecule has 0 unspecified atom stereocenters. The largest absolute Gasteiger partial charge is 0.316 e. The van der Waals surface area contributed by atoms with E-state index >= 15 is 0 Å². The van der Waals surface area contributed by atoms with Crippen LogP contribution in [0.4, 0.5) is 5.69 Å². The molecule has 104 valence electrons. The molecule has 0 radical (unpaired) electrons. The number of nitrogens with two attached hydrogens (primary N) is 1. The number of rotatable bonds is 4. The molecule has 0 aliphatic carbocycles. The van der Waals surface area contributed by atoms with Crippen LogP contribution in [-0.4, -0.2) is 12.5 Å². The van der Waals surface area contributed by atoms with Crippen molar-refractivity contribution in [2.24, 2.45) is 5.73 Å². The van der Waals surface area contributed by atoms with Gasteiger partial charge < -0.3 is 10.6 Å². The zero-order valence-corrected chi connectivity index (χ0v) is 11.9. The van der Waals surface area contributed by atoms with Crippen LogP contribution in [0.15, 0.2) is 54.6 Å². The highest BCUT2D eigenvalue weighted by Crippen LogP contribution is 2.20. The Morgan fingerprint density at radius 3 is 2.25 bits per heavy atom. The second-order valence-electron chi connectivity index (χ2n) is 4.81. The molecule has 2 aromatic carbocycles. The van der Waals surface area contributed by atoms with Crippen LogP contribution in [0.1, 0.15) is 24.1 Å². The normalized spacial score (nSPS) is 11.9. The first-order chi connectivity index (χ1) is 9.63. The fraction of sp³-hybridized carbons (Fsp3) is 0.235. The highest BCUT2D eigenvalue weighted by Gasteiger charge is 2.22. The summed E-state index contributed by atoms with van der Waals surface area (Å²) in [5.74, 6) is -0.0810. The molecule has 1 amide bonds. The van der Waals surface area contributed by atoms with Crippen molar-refractivity contribution in [3.63, 3.8) is 0 Å². The first kappa shape index (κ1) is 14.3. The Morgan fingerprint density at radius 2 is 1.70 bits per heavy atom. The number of carbonyl (C=O) groups is 1. The molecule has 20 heavy (non-hydrogen) atoms. The zero-order valence-electron chi connectivity index (χ0n) is 11.9. The predicted molar refractivity (Wildman–Crippen MR) is 82.6 cm³/mol. The van der Waals surface area contributed by atoms with Gasteiger partial charge in [-0.3, -0.25) is 4.79 Å². The Labute approximate surface area is 120 Å². The second-order valence-corrected chi connectivity index (χ2v) is 4.81. The minimum absolute atomic E-state index is 0.0810. The number of amides is 1. The van der Waals surface area contributed by atoms with Gasteiger partial charge >= 0.3 is 0 Å². The van der Waals surface area contributed by atoms with Crippen molar-refractivity contribution in [3.8, 4) is 0 Å². The summed E-state index contributed by atoms with van der Waals surface area (Å²) in [5, 5.41) is 0. The number of benzene rings is 2. The van der Waals surface area contributed by atoms with Gasteiger partial charge in [-0.1, -0.05) is 48.0 Å². The topological polar surface area (TPSA) is 46.3 Å². The van der Waals surface area contributed by atoms with Crippen molar-refractivity contribution < 1.29 is 4.79 Å². The number of nitrogens with zero attached hydrogens (tertiary/aromatic N) is 1. The molecule has 0 aromatic heterocycles. The number of hydrogen-bond acceptors (Lipinski definition) is 2. The summed E-state index contributed by atoms with van der Waals surface area (Å²) in [6.45, 7) is 4.58. The number of hydrogen-bond donors (Lipinski definition) is 1. The minimum atomic E-state index is -0.627. The smallest absolute Gasteiger partial charge is 0.248 e. The molecule has 2 N–H and O–H groups in total. The van der Waals surface area contributed by atoms with Gasteiger partial charge in [-0.15, -0.1) is 0 Å². The third-order valence-corrected chi connectivity index (χ3v) is 3.35. The maximum atomic E-state index is 12.6. The number of aryl methyl sites for hydroxylation is 1. The van der Waals surface area contributed by atoms with E-state index < -0.39 is 6.04 Å². The van der Waals surface area contributed by atoms with E-state index in [4.69, 9.17) is 5.73 Å². The Hall–Kier alpha value is -2.13. The molecular formula is C17H20N2O. The lowest BCUT2D eigenvalue weighted by molar-refractivity contribution is -0.119. The fourth-order valence-electron chi connectivity index (χ4n) is 2.16. The third kappa shape index (κ3) is 3.06. The van der Waals surface area contributed by atoms with E-state index in [0.29, 0.717) is 6.54 Å². The molecule has 0 fully saturated rings. The van der Waals surface area contributed by atoms with Gasteiger partial charge in [0.15, 0.2) is 0 Å². The van der Waals surface area contributed by atoms with Crippen LogP contribution < -0.4 is 10.6 Å². The summed E-state index contributed by atoms with van der Waals surface area (Å²) in [4.78, 5) is 14.3. The lowest BCUT2D eigenvalue weighted by Crippen LogP contribution is -2.38. The van der Waals surface area contributed by atoms with Gasteiger partial charge in [0.2, 0.25) is 5.91 Å². The summed E-state index contributed by atoms with van der Waals surface area (Å²) >= 11 is 0. The lowest BCUT2D eigenvalue weighted by atomic mass is 10.1. The van der Waals surface area contributed by atoms with Crippen molar-refractivity contribution >= 4 is 11.6 Å². The van der Waals surface area contributed by atoms with Gasteiger partial charge in [0.1, 0.15) is 6.04 Å². The summed E-state index contributed by atoms with van der Waals surface area (Å²) in [6.07, 6.45) is 0. The molecule has 3 heteroatoms. The Bertz CT molecular complexity index is 563. The van der Waals surface area contributed by atoms with Gasteiger partial charge in [0, 0.05) is 12.2 Å². The van der Waals surface area contributed by atoms with Crippen molar-refractivity contribution in [3.05, 3.63) is 65.7 Å². The van der Waals surface area contributed by atoms with Gasteiger partial charge in [-0.25, -0.2) is 0 Å². The molecular weight excluding hydrogens is 248 g/mol. The standard InChI is InChI=1S/C17H20N2O/c1-3-19(15-11-9-13(2)10-12-15)17(20)16(18)14-7-5-4-6-8-14/h4-12,16H,3,18H2,1-2H3/t16-/m1/s1. The number of likely N-dealkylation sites (N-methyl/N-ethyl adjacent to an activating group) is 1. The van der Waals surface area contributed by atoms with E-state index in [1.165, 1.54) is 5.56 Å². The van der Waals surface area contributed by atoms with Crippen LogP contribution in [0.3, 0.4) is 0 Å². The maximum absolute atomic E-state index is 12.6. The molecule has 0 heterocycles. The zero-order chi connectivity index (χ0) is 14.5. The molecule has 1 atom stereocenters. The quantitative estimate of drug-likeness (QED) is 0.926. The molecule has 0 spiro atoms. The molecule has 0 aliphatic rings. The van der Waals surface area contributed by atoms with Crippen molar-refractivity contribution in [2.45, 2.75) is 19.9 Å². The highest BCUT2D eigenvalue weighted by atomic mass is 16.2. The van der Waals surface area contributed by atoms with Gasteiger partial charge in [-0.05, 0) is 31.5 Å². The van der Waals surface area contributed by atoms with Crippen molar-refractivity contribution in [2.75, 3.05) is 11.4 Å². The van der Waals surface area contributed by atoms with E-state index in [-0.39, 0.29) is 5.91 Å². The minimum Gasteiger partial charge on any atom is -0.316 e. The van der Waals surface area contributed by atoms with E-state index in [9.17, 15) is 4.79 Å². The first-order valence-corrected chi connectivity index (χ1v) is 6.82. The fourth-order valence-corrected chi connectivity index (χ4v) is 2.16. The van der Waals surface area contributed by atoms with Crippen LogP contribution in [-0.2, 0) is 4.79 Å². The SMILES string of the molecule is CCN(C(=O)[C@H](N)c1ccccc1)c1ccc(C)cc1. The summed E-state index contributed by atoms with van der Waals surface area (Å²) < 4.78 is 0. The van der Waals surface area contributed by atoms with Gasteiger partial charge in [0.05, 0.1) is 0 Å². The van der Waals surface area contributed by atoms with Gasteiger partial charge in [0.25, 0.3) is 0 Å². The molecule has 0 saturated heterocycles.